The van der Waals surface area contributed by atoms with Crippen molar-refractivity contribution in [3.05, 3.63) is 70.5 Å². The van der Waals surface area contributed by atoms with Gasteiger partial charge in [0, 0.05) is 23.7 Å². The van der Waals surface area contributed by atoms with Crippen LogP contribution in [0.2, 0.25) is 0 Å². The van der Waals surface area contributed by atoms with Crippen molar-refractivity contribution < 1.29 is 14.0 Å². The number of aromatic nitrogens is 1. The fraction of sp³-hybridized carbons (Fsp3) is 0.227. The number of thiazole rings is 1. The molecule has 5 nitrogen and oxygen atoms in total. The van der Waals surface area contributed by atoms with Crippen LogP contribution in [0.3, 0.4) is 0 Å². The Morgan fingerprint density at radius 2 is 1.86 bits per heavy atom. The predicted octanol–water partition coefficient (Wildman–Crippen LogP) is 4.78. The number of hydrogen-bond donors (Lipinski definition) is 2. The smallest absolute Gasteiger partial charge is 0.263 e. The summed E-state index contributed by atoms with van der Waals surface area (Å²) in [7, 11) is 0. The number of benzene rings is 2. The van der Waals surface area contributed by atoms with Crippen molar-refractivity contribution in [1.29, 1.82) is 0 Å². The Labute approximate surface area is 173 Å². The number of halogens is 1. The Bertz CT molecular complexity index is 1030. The molecule has 0 spiro atoms. The first kappa shape index (κ1) is 20.7. The van der Waals surface area contributed by atoms with Crippen LogP contribution in [-0.4, -0.2) is 16.8 Å². The standard InChI is InChI=1S/C22H22FN3O2S/c1-13(2)20(27)26-18-6-4-5-15(11-18)12-24-21(28)19-14(3)25-22(29-19)16-7-9-17(23)10-8-16/h4-11,13H,12H2,1-3H3,(H,24,28)(H,26,27). The molecule has 29 heavy (non-hydrogen) atoms. The average Bonchev–Trinajstić information content (AvgIpc) is 3.08. The minimum absolute atomic E-state index is 0.0557. The first-order valence-electron chi connectivity index (χ1n) is 9.25. The van der Waals surface area contributed by atoms with Gasteiger partial charge in [0.05, 0.1) is 5.69 Å². The molecule has 0 aliphatic rings. The van der Waals surface area contributed by atoms with Crippen LogP contribution in [0.4, 0.5) is 10.1 Å². The summed E-state index contributed by atoms with van der Waals surface area (Å²) in [6.45, 7) is 5.77. The lowest BCUT2D eigenvalue weighted by Gasteiger charge is -2.10. The van der Waals surface area contributed by atoms with Crippen molar-refractivity contribution in [1.82, 2.24) is 10.3 Å². The highest BCUT2D eigenvalue weighted by Gasteiger charge is 2.16. The van der Waals surface area contributed by atoms with E-state index in [-0.39, 0.29) is 23.5 Å². The number of carbonyl (C=O) groups is 2. The number of anilines is 1. The molecule has 0 saturated heterocycles. The summed E-state index contributed by atoms with van der Waals surface area (Å²) < 4.78 is 13.1. The minimum Gasteiger partial charge on any atom is -0.347 e. The van der Waals surface area contributed by atoms with Gasteiger partial charge in [-0.25, -0.2) is 9.37 Å². The summed E-state index contributed by atoms with van der Waals surface area (Å²) in [6, 6.07) is 13.4. The van der Waals surface area contributed by atoms with Gasteiger partial charge in [0.1, 0.15) is 15.7 Å². The van der Waals surface area contributed by atoms with Crippen LogP contribution in [0.1, 0.15) is 34.8 Å². The molecule has 150 valence electrons. The molecular weight excluding hydrogens is 389 g/mol. The van der Waals surface area contributed by atoms with Gasteiger partial charge in [-0.3, -0.25) is 9.59 Å². The fourth-order valence-corrected chi connectivity index (χ4v) is 3.62. The van der Waals surface area contributed by atoms with Gasteiger partial charge in [0.2, 0.25) is 5.91 Å². The summed E-state index contributed by atoms with van der Waals surface area (Å²) >= 11 is 1.27. The second-order valence-electron chi connectivity index (χ2n) is 6.97. The van der Waals surface area contributed by atoms with E-state index in [1.165, 1.54) is 23.5 Å². The van der Waals surface area contributed by atoms with Gasteiger partial charge in [-0.05, 0) is 48.9 Å². The Morgan fingerprint density at radius 3 is 2.55 bits per heavy atom. The summed E-state index contributed by atoms with van der Waals surface area (Å²) in [4.78, 5) is 29.4. The molecule has 3 rings (SSSR count). The molecular formula is C22H22FN3O2S. The predicted molar refractivity (Wildman–Crippen MR) is 113 cm³/mol. The number of nitrogens with one attached hydrogen (secondary N) is 2. The highest BCUT2D eigenvalue weighted by molar-refractivity contribution is 7.17. The fourth-order valence-electron chi connectivity index (χ4n) is 2.63. The van der Waals surface area contributed by atoms with Crippen LogP contribution < -0.4 is 10.6 Å². The number of aryl methyl sites for hydroxylation is 1. The van der Waals surface area contributed by atoms with E-state index < -0.39 is 0 Å². The molecule has 0 bridgehead atoms. The molecule has 2 aromatic carbocycles. The van der Waals surface area contributed by atoms with Gasteiger partial charge in [-0.1, -0.05) is 26.0 Å². The average molecular weight is 412 g/mol. The molecule has 0 fully saturated rings. The number of carbonyl (C=O) groups excluding carboxylic acids is 2. The molecule has 7 heteroatoms. The second kappa shape index (κ2) is 8.96. The van der Waals surface area contributed by atoms with Gasteiger partial charge < -0.3 is 10.6 Å². The lowest BCUT2D eigenvalue weighted by Crippen LogP contribution is -2.23. The molecule has 0 aliphatic carbocycles. The van der Waals surface area contributed by atoms with E-state index in [1.54, 1.807) is 19.1 Å². The third kappa shape index (κ3) is 5.26. The van der Waals surface area contributed by atoms with Crippen molar-refractivity contribution in [2.24, 2.45) is 5.92 Å². The Hall–Kier alpha value is -3.06. The van der Waals surface area contributed by atoms with Crippen molar-refractivity contribution in [2.45, 2.75) is 27.3 Å². The molecule has 0 unspecified atom stereocenters. The first-order chi connectivity index (χ1) is 13.8. The molecule has 0 aliphatic heterocycles. The Balaban J connectivity index is 1.67. The molecule has 2 amide bonds. The number of rotatable bonds is 6. The minimum atomic E-state index is -0.313. The summed E-state index contributed by atoms with van der Waals surface area (Å²) in [5, 5.41) is 6.41. The van der Waals surface area contributed by atoms with Crippen molar-refractivity contribution in [2.75, 3.05) is 5.32 Å². The van der Waals surface area contributed by atoms with Crippen LogP contribution in [-0.2, 0) is 11.3 Å². The summed E-state index contributed by atoms with van der Waals surface area (Å²) in [5.41, 5.74) is 2.97. The SMILES string of the molecule is Cc1nc(-c2ccc(F)cc2)sc1C(=O)NCc1cccc(NC(=O)C(C)C)c1. The van der Waals surface area contributed by atoms with E-state index in [2.05, 4.69) is 15.6 Å². The Morgan fingerprint density at radius 1 is 1.14 bits per heavy atom. The van der Waals surface area contributed by atoms with Gasteiger partial charge in [0.15, 0.2) is 0 Å². The Kier molecular flexibility index (Phi) is 6.39. The van der Waals surface area contributed by atoms with Gasteiger partial charge in [-0.15, -0.1) is 11.3 Å². The maximum atomic E-state index is 13.1. The summed E-state index contributed by atoms with van der Waals surface area (Å²) in [5.74, 6) is -0.695. The van der Waals surface area contributed by atoms with Gasteiger partial charge in [-0.2, -0.15) is 0 Å². The number of nitrogens with zero attached hydrogens (tertiary/aromatic N) is 1. The van der Waals surface area contributed by atoms with Gasteiger partial charge >= 0.3 is 0 Å². The van der Waals surface area contributed by atoms with Crippen molar-refractivity contribution >= 4 is 28.8 Å². The van der Waals surface area contributed by atoms with Crippen molar-refractivity contribution in [3.63, 3.8) is 0 Å². The van der Waals surface area contributed by atoms with E-state index >= 15 is 0 Å². The highest BCUT2D eigenvalue weighted by Crippen LogP contribution is 2.28. The van der Waals surface area contributed by atoms with E-state index in [0.717, 1.165) is 11.1 Å². The molecule has 1 heterocycles. The summed E-state index contributed by atoms with van der Waals surface area (Å²) in [6.07, 6.45) is 0. The zero-order valence-electron chi connectivity index (χ0n) is 16.5. The second-order valence-corrected chi connectivity index (χ2v) is 7.97. The lowest BCUT2D eigenvalue weighted by atomic mass is 10.1. The lowest BCUT2D eigenvalue weighted by molar-refractivity contribution is -0.118. The molecule has 2 N–H and O–H groups in total. The molecule has 0 radical (unpaired) electrons. The van der Waals surface area contributed by atoms with Crippen LogP contribution in [0.15, 0.2) is 48.5 Å². The molecule has 0 saturated carbocycles. The topological polar surface area (TPSA) is 71.1 Å². The number of amides is 2. The quantitative estimate of drug-likeness (QED) is 0.613. The van der Waals surface area contributed by atoms with E-state index in [4.69, 9.17) is 0 Å². The van der Waals surface area contributed by atoms with Crippen LogP contribution >= 0.6 is 11.3 Å². The third-order valence-electron chi connectivity index (χ3n) is 4.27. The zero-order chi connectivity index (χ0) is 21.0. The van der Waals surface area contributed by atoms with Gasteiger partial charge in [0.25, 0.3) is 5.91 Å². The monoisotopic (exact) mass is 411 g/mol. The van der Waals surface area contributed by atoms with Crippen molar-refractivity contribution in [3.8, 4) is 10.6 Å². The third-order valence-corrected chi connectivity index (χ3v) is 5.47. The van der Waals surface area contributed by atoms with E-state index in [1.807, 2.05) is 38.1 Å². The largest absolute Gasteiger partial charge is 0.347 e. The maximum Gasteiger partial charge on any atom is 0.263 e. The molecule has 3 aromatic rings. The highest BCUT2D eigenvalue weighted by atomic mass is 32.1. The molecule has 1 aromatic heterocycles. The first-order valence-corrected chi connectivity index (χ1v) is 10.1. The van der Waals surface area contributed by atoms with Crippen LogP contribution in [0.5, 0.6) is 0 Å². The van der Waals surface area contributed by atoms with Crippen LogP contribution in [0.25, 0.3) is 10.6 Å². The maximum absolute atomic E-state index is 13.1. The zero-order valence-corrected chi connectivity index (χ0v) is 17.3. The number of hydrogen-bond acceptors (Lipinski definition) is 4. The molecule has 0 atom stereocenters. The van der Waals surface area contributed by atoms with E-state index in [9.17, 15) is 14.0 Å². The van der Waals surface area contributed by atoms with Crippen LogP contribution in [0, 0.1) is 18.7 Å². The normalized spacial score (nSPS) is 10.8. The van der Waals surface area contributed by atoms with E-state index in [0.29, 0.717) is 27.8 Å².